The lowest BCUT2D eigenvalue weighted by Crippen LogP contribution is -2.15. The van der Waals surface area contributed by atoms with E-state index in [0.29, 0.717) is 0 Å². The summed E-state index contributed by atoms with van der Waals surface area (Å²) in [5.74, 6) is 0. The van der Waals surface area contributed by atoms with Crippen LogP contribution in [0.5, 0.6) is 0 Å². The second-order valence-electron chi connectivity index (χ2n) is 2.20. The molecule has 11 heavy (non-hydrogen) atoms. The Labute approximate surface area is 69.6 Å². The van der Waals surface area contributed by atoms with Gasteiger partial charge in [0.2, 0.25) is 0 Å². The van der Waals surface area contributed by atoms with E-state index in [1.165, 1.54) is 0 Å². The summed E-state index contributed by atoms with van der Waals surface area (Å²) >= 11 is 0. The zero-order valence-corrected chi connectivity index (χ0v) is 8.04. The van der Waals surface area contributed by atoms with Crippen molar-refractivity contribution in [3.05, 3.63) is 0 Å². The molecule has 3 heteroatoms. The summed E-state index contributed by atoms with van der Waals surface area (Å²) in [5, 5.41) is 15.9. The fraction of sp³-hybridized carbons (Fsp3) is 1.00. The van der Waals surface area contributed by atoms with Crippen molar-refractivity contribution in [2.24, 2.45) is 0 Å². The third kappa shape index (κ3) is 7.78. The summed E-state index contributed by atoms with van der Waals surface area (Å²) in [6.45, 7) is 5.92. The first-order chi connectivity index (χ1) is 5.29. The highest BCUT2D eigenvalue weighted by molar-refractivity contribution is 4.70. The summed E-state index contributed by atoms with van der Waals surface area (Å²) in [5.41, 5.74) is 0. The predicted octanol–water partition coefficient (Wildman–Crippen LogP) is 0.318. The molecule has 1 saturated heterocycles. The maximum absolute atomic E-state index is 8.86. The summed E-state index contributed by atoms with van der Waals surface area (Å²) in [6, 6.07) is 0. The van der Waals surface area contributed by atoms with Gasteiger partial charge in [-0.3, -0.25) is 0 Å². The number of rotatable bonds is 0. The average molecular weight is 163 g/mol. The highest BCUT2D eigenvalue weighted by atomic mass is 16.3. The number of β-amino-alcohol motifs (C(OH)–C–C–N with tert-alkyl or cyclic N) is 1. The molecule has 0 saturated carbocycles. The van der Waals surface area contributed by atoms with Gasteiger partial charge in [-0.1, -0.05) is 13.8 Å². The smallest absolute Gasteiger partial charge is 0.0679 e. The Balaban J connectivity index is 0. The van der Waals surface area contributed by atoms with Crippen molar-refractivity contribution in [3.8, 4) is 0 Å². The van der Waals surface area contributed by atoms with E-state index in [1.54, 1.807) is 0 Å². The largest absolute Gasteiger partial charge is 0.400 e. The maximum atomic E-state index is 8.86. The molecule has 1 aliphatic heterocycles. The maximum Gasteiger partial charge on any atom is 0.0679 e. The van der Waals surface area contributed by atoms with E-state index < -0.39 is 0 Å². The van der Waals surface area contributed by atoms with Crippen molar-refractivity contribution in [3.63, 3.8) is 0 Å². The second kappa shape index (κ2) is 9.88. The molecule has 1 fully saturated rings. The number of likely N-dealkylation sites (tertiary alicyclic amines) is 1. The molecule has 0 aromatic rings. The van der Waals surface area contributed by atoms with Gasteiger partial charge >= 0.3 is 0 Å². The fourth-order valence-electron chi connectivity index (χ4n) is 0.912. The topological polar surface area (TPSA) is 43.7 Å². The van der Waals surface area contributed by atoms with Gasteiger partial charge in [-0.05, 0) is 13.5 Å². The van der Waals surface area contributed by atoms with Crippen LogP contribution in [0, 0.1) is 0 Å². The van der Waals surface area contributed by atoms with Gasteiger partial charge in [0.1, 0.15) is 0 Å². The molecule has 0 radical (unpaired) electrons. The van der Waals surface area contributed by atoms with Crippen LogP contribution in [0.1, 0.15) is 20.3 Å². The molecule has 3 nitrogen and oxygen atoms in total. The van der Waals surface area contributed by atoms with Crippen LogP contribution in [0.4, 0.5) is 0 Å². The molecule has 0 aliphatic carbocycles. The number of aliphatic hydroxyl groups excluding tert-OH is 2. The number of nitrogens with zero attached hydrogens (tertiary/aromatic N) is 1. The minimum absolute atomic E-state index is 0.0509. The molecule has 0 aromatic carbocycles. The van der Waals surface area contributed by atoms with Crippen molar-refractivity contribution in [1.82, 2.24) is 4.90 Å². The highest BCUT2D eigenvalue weighted by Gasteiger charge is 2.14. The van der Waals surface area contributed by atoms with Crippen LogP contribution in [0.3, 0.4) is 0 Å². The molecule has 0 amide bonds. The molecular formula is C8H21NO2. The summed E-state index contributed by atoms with van der Waals surface area (Å²) < 4.78 is 0. The van der Waals surface area contributed by atoms with E-state index in [2.05, 4.69) is 4.90 Å². The van der Waals surface area contributed by atoms with Gasteiger partial charge in [0, 0.05) is 20.2 Å². The van der Waals surface area contributed by atoms with E-state index in [-0.39, 0.29) is 6.10 Å². The summed E-state index contributed by atoms with van der Waals surface area (Å²) in [6.07, 6.45) is 0.904. The molecule has 1 heterocycles. The van der Waals surface area contributed by atoms with Crippen LogP contribution in [-0.4, -0.2) is 48.5 Å². The monoisotopic (exact) mass is 163 g/mol. The van der Waals surface area contributed by atoms with Crippen molar-refractivity contribution in [2.75, 3.05) is 27.2 Å². The number of hydrogen-bond donors (Lipinski definition) is 2. The van der Waals surface area contributed by atoms with Crippen molar-refractivity contribution in [1.29, 1.82) is 0 Å². The van der Waals surface area contributed by atoms with Gasteiger partial charge in [-0.2, -0.15) is 0 Å². The van der Waals surface area contributed by atoms with Crippen molar-refractivity contribution >= 4 is 0 Å². The summed E-state index contributed by atoms with van der Waals surface area (Å²) in [4.78, 5) is 2.13. The average Bonchev–Trinajstić information content (AvgIpc) is 2.43. The molecule has 1 rings (SSSR count). The van der Waals surface area contributed by atoms with Crippen LogP contribution in [0.2, 0.25) is 0 Å². The second-order valence-corrected chi connectivity index (χ2v) is 2.20. The van der Waals surface area contributed by atoms with Gasteiger partial charge in [-0.25, -0.2) is 0 Å². The number of hydrogen-bond acceptors (Lipinski definition) is 3. The van der Waals surface area contributed by atoms with E-state index in [0.717, 1.165) is 26.6 Å². The Morgan fingerprint density at radius 2 is 1.73 bits per heavy atom. The molecule has 0 bridgehead atoms. The predicted molar refractivity (Wildman–Crippen MR) is 47.6 cm³/mol. The minimum Gasteiger partial charge on any atom is -0.400 e. The lowest BCUT2D eigenvalue weighted by Gasteiger charge is -2.02. The molecule has 0 spiro atoms. The van der Waals surface area contributed by atoms with Crippen LogP contribution >= 0.6 is 0 Å². The third-order valence-electron chi connectivity index (χ3n) is 1.37. The van der Waals surface area contributed by atoms with E-state index in [4.69, 9.17) is 10.2 Å². The Hall–Kier alpha value is -0.120. The Kier molecular flexibility index (Phi) is 12.1. The first-order valence-electron chi connectivity index (χ1n) is 4.10. The highest BCUT2D eigenvalue weighted by Crippen LogP contribution is 2.03. The lowest BCUT2D eigenvalue weighted by atomic mass is 10.3. The zero-order chi connectivity index (χ0) is 9.28. The van der Waals surface area contributed by atoms with Crippen molar-refractivity contribution in [2.45, 2.75) is 26.4 Å². The van der Waals surface area contributed by atoms with Crippen molar-refractivity contribution < 1.29 is 10.2 Å². The third-order valence-corrected chi connectivity index (χ3v) is 1.37. The van der Waals surface area contributed by atoms with Gasteiger partial charge in [0.25, 0.3) is 0 Å². The fourth-order valence-corrected chi connectivity index (χ4v) is 0.912. The Morgan fingerprint density at radius 3 is 1.82 bits per heavy atom. The zero-order valence-electron chi connectivity index (χ0n) is 8.04. The summed E-state index contributed by atoms with van der Waals surface area (Å²) in [7, 11) is 3.02. The van der Waals surface area contributed by atoms with Gasteiger partial charge in [0.05, 0.1) is 6.10 Å². The molecule has 1 aliphatic rings. The molecule has 2 N–H and O–H groups in total. The Bertz CT molecular complexity index is 61.1. The van der Waals surface area contributed by atoms with Crippen LogP contribution < -0.4 is 0 Å². The normalized spacial score (nSPS) is 22.9. The quantitative estimate of drug-likeness (QED) is 0.540. The van der Waals surface area contributed by atoms with Crippen LogP contribution in [0.25, 0.3) is 0 Å². The standard InChI is InChI=1S/C5H11NO.C2H6.CH4O/c1-6-3-2-5(7)4-6;2*1-2/h5,7H,2-4H2,1H3;1-2H3;2H,1H3. The van der Waals surface area contributed by atoms with Gasteiger partial charge in [0.15, 0.2) is 0 Å². The van der Waals surface area contributed by atoms with Gasteiger partial charge in [-0.15, -0.1) is 0 Å². The number of likely N-dealkylation sites (N-methyl/N-ethyl adjacent to an activating group) is 1. The Morgan fingerprint density at radius 1 is 1.27 bits per heavy atom. The van der Waals surface area contributed by atoms with Crippen LogP contribution in [0.15, 0.2) is 0 Å². The first-order valence-corrected chi connectivity index (χ1v) is 4.10. The molecule has 1 unspecified atom stereocenters. The van der Waals surface area contributed by atoms with E-state index >= 15 is 0 Å². The van der Waals surface area contributed by atoms with Gasteiger partial charge < -0.3 is 15.1 Å². The van der Waals surface area contributed by atoms with E-state index in [9.17, 15) is 0 Å². The minimum atomic E-state index is -0.0509. The first kappa shape index (κ1) is 13.5. The SMILES string of the molecule is CC.CN1CCC(O)C1.CO. The molecule has 70 valence electrons. The molecule has 0 aromatic heterocycles. The molecule has 1 atom stereocenters. The number of aliphatic hydroxyl groups is 2. The van der Waals surface area contributed by atoms with Crippen LogP contribution in [-0.2, 0) is 0 Å². The van der Waals surface area contributed by atoms with E-state index in [1.807, 2.05) is 20.9 Å². The lowest BCUT2D eigenvalue weighted by molar-refractivity contribution is 0.183. The molecular weight excluding hydrogens is 142 g/mol.